The molecule has 0 atom stereocenters. The molecule has 2 rings (SSSR count). The Morgan fingerprint density at radius 2 is 1.32 bits per heavy atom. The SMILES string of the molecule is CCCN(C(=O)OC(C)(C)C)N(CCC)C(c1ccccc1)c1ccccc1. The Kier molecular flexibility index (Phi) is 8.06. The molecule has 2 aromatic carbocycles. The highest BCUT2D eigenvalue weighted by Gasteiger charge is 2.32. The van der Waals surface area contributed by atoms with Crippen LogP contribution in [0.5, 0.6) is 0 Å². The molecular weight excluding hydrogens is 348 g/mol. The summed E-state index contributed by atoms with van der Waals surface area (Å²) in [7, 11) is 0. The van der Waals surface area contributed by atoms with Crippen molar-refractivity contribution in [2.45, 2.75) is 59.1 Å². The maximum Gasteiger partial charge on any atom is 0.425 e. The third-order valence-electron chi connectivity index (χ3n) is 4.33. The van der Waals surface area contributed by atoms with Crippen LogP contribution in [0.15, 0.2) is 60.7 Å². The standard InChI is InChI=1S/C24H34N2O2/c1-6-18-25(26(19-7-2)23(27)28-24(3,4)5)22(20-14-10-8-11-15-20)21-16-12-9-13-17-21/h8-17,22H,6-7,18-19H2,1-5H3. The summed E-state index contributed by atoms with van der Waals surface area (Å²) in [6, 6.07) is 20.7. The predicted molar refractivity (Wildman–Crippen MR) is 115 cm³/mol. The number of amides is 1. The van der Waals surface area contributed by atoms with Gasteiger partial charge in [-0.3, -0.25) is 0 Å². The molecule has 2 aromatic rings. The summed E-state index contributed by atoms with van der Waals surface area (Å²) in [5, 5.41) is 3.96. The molecule has 0 bridgehead atoms. The second kappa shape index (κ2) is 10.3. The molecule has 0 fully saturated rings. The van der Waals surface area contributed by atoms with E-state index in [1.165, 1.54) is 0 Å². The smallest absolute Gasteiger partial charge is 0.425 e. The fourth-order valence-corrected chi connectivity index (χ4v) is 3.28. The minimum atomic E-state index is -0.532. The third kappa shape index (κ3) is 6.10. The van der Waals surface area contributed by atoms with Gasteiger partial charge in [-0.05, 0) is 44.7 Å². The van der Waals surface area contributed by atoms with Gasteiger partial charge in [0.2, 0.25) is 0 Å². The number of hydrogen-bond acceptors (Lipinski definition) is 3. The Morgan fingerprint density at radius 3 is 1.71 bits per heavy atom. The molecule has 0 aromatic heterocycles. The molecule has 0 aliphatic rings. The van der Waals surface area contributed by atoms with Gasteiger partial charge in [0.05, 0.1) is 6.04 Å². The summed E-state index contributed by atoms with van der Waals surface area (Å²) in [5.41, 5.74) is 1.79. The molecule has 4 nitrogen and oxygen atoms in total. The average Bonchev–Trinajstić information content (AvgIpc) is 2.66. The van der Waals surface area contributed by atoms with Gasteiger partial charge in [-0.1, -0.05) is 74.5 Å². The van der Waals surface area contributed by atoms with Gasteiger partial charge in [0.15, 0.2) is 0 Å². The van der Waals surface area contributed by atoms with Crippen LogP contribution in [0.2, 0.25) is 0 Å². The van der Waals surface area contributed by atoms with Crippen molar-refractivity contribution < 1.29 is 9.53 Å². The number of carbonyl (C=O) groups excluding carboxylic acids is 1. The molecule has 0 N–H and O–H groups in total. The lowest BCUT2D eigenvalue weighted by atomic mass is 9.98. The summed E-state index contributed by atoms with van der Waals surface area (Å²) in [5.74, 6) is 0. The number of rotatable bonds is 8. The highest BCUT2D eigenvalue weighted by molar-refractivity contribution is 5.67. The molecule has 1 amide bonds. The van der Waals surface area contributed by atoms with Gasteiger partial charge in [-0.15, -0.1) is 0 Å². The van der Waals surface area contributed by atoms with E-state index in [2.05, 4.69) is 43.1 Å². The lowest BCUT2D eigenvalue weighted by molar-refractivity contribution is -0.0660. The van der Waals surface area contributed by atoms with Crippen molar-refractivity contribution in [1.29, 1.82) is 0 Å². The minimum absolute atomic E-state index is 0.0542. The van der Waals surface area contributed by atoms with E-state index in [-0.39, 0.29) is 12.1 Å². The number of hydrogen-bond donors (Lipinski definition) is 0. The Labute approximate surface area is 170 Å². The minimum Gasteiger partial charge on any atom is -0.443 e. The van der Waals surface area contributed by atoms with E-state index in [0.29, 0.717) is 6.54 Å². The fraction of sp³-hybridized carbons (Fsp3) is 0.458. The van der Waals surface area contributed by atoms with Crippen molar-refractivity contribution in [1.82, 2.24) is 10.0 Å². The quantitative estimate of drug-likeness (QED) is 0.521. The predicted octanol–water partition coefficient (Wildman–Crippen LogP) is 6.05. The van der Waals surface area contributed by atoms with E-state index in [9.17, 15) is 4.79 Å². The topological polar surface area (TPSA) is 32.8 Å². The fourth-order valence-electron chi connectivity index (χ4n) is 3.28. The maximum absolute atomic E-state index is 13.1. The van der Waals surface area contributed by atoms with Crippen LogP contribution in [0.4, 0.5) is 4.79 Å². The summed E-state index contributed by atoms with van der Waals surface area (Å²) < 4.78 is 5.75. The first-order valence-corrected chi connectivity index (χ1v) is 10.2. The van der Waals surface area contributed by atoms with Gasteiger partial charge < -0.3 is 4.74 Å². The molecule has 0 unspecified atom stereocenters. The van der Waals surface area contributed by atoms with Crippen LogP contribution in [0.3, 0.4) is 0 Å². The molecule has 0 heterocycles. The normalized spacial score (nSPS) is 11.7. The first kappa shape index (κ1) is 22.0. The van der Waals surface area contributed by atoms with Gasteiger partial charge in [-0.2, -0.15) is 0 Å². The van der Waals surface area contributed by atoms with Crippen LogP contribution in [0.1, 0.15) is 64.6 Å². The molecule has 0 radical (unpaired) electrons. The van der Waals surface area contributed by atoms with Crippen LogP contribution in [-0.4, -0.2) is 34.8 Å². The number of hydrazine groups is 1. The van der Waals surface area contributed by atoms with E-state index < -0.39 is 5.60 Å². The Hall–Kier alpha value is -2.33. The van der Waals surface area contributed by atoms with Crippen molar-refractivity contribution in [3.63, 3.8) is 0 Å². The average molecular weight is 383 g/mol. The monoisotopic (exact) mass is 382 g/mol. The molecule has 152 valence electrons. The Bertz CT molecular complexity index is 671. The molecule has 4 heteroatoms. The van der Waals surface area contributed by atoms with Crippen LogP contribution in [-0.2, 0) is 4.74 Å². The van der Waals surface area contributed by atoms with E-state index >= 15 is 0 Å². The molecule has 0 saturated heterocycles. The van der Waals surface area contributed by atoms with E-state index in [1.807, 2.05) is 57.2 Å². The zero-order chi connectivity index (χ0) is 20.6. The van der Waals surface area contributed by atoms with Gasteiger partial charge in [0, 0.05) is 13.1 Å². The maximum atomic E-state index is 13.1. The van der Waals surface area contributed by atoms with Gasteiger partial charge in [0.25, 0.3) is 0 Å². The Balaban J connectivity index is 2.50. The molecular formula is C24H34N2O2. The van der Waals surface area contributed by atoms with Crippen molar-refractivity contribution in [2.24, 2.45) is 0 Å². The van der Waals surface area contributed by atoms with Gasteiger partial charge >= 0.3 is 6.09 Å². The van der Waals surface area contributed by atoms with Crippen LogP contribution in [0.25, 0.3) is 0 Å². The first-order chi connectivity index (χ1) is 13.4. The van der Waals surface area contributed by atoms with Crippen LogP contribution in [0, 0.1) is 0 Å². The molecule has 0 aliphatic carbocycles. The highest BCUT2D eigenvalue weighted by Crippen LogP contribution is 2.31. The number of ether oxygens (including phenoxy) is 1. The van der Waals surface area contributed by atoms with Crippen molar-refractivity contribution in [3.8, 4) is 0 Å². The molecule has 0 spiro atoms. The third-order valence-corrected chi connectivity index (χ3v) is 4.33. The van der Waals surface area contributed by atoms with Gasteiger partial charge in [0.1, 0.15) is 5.60 Å². The van der Waals surface area contributed by atoms with Gasteiger partial charge in [-0.25, -0.2) is 14.8 Å². The molecule has 28 heavy (non-hydrogen) atoms. The molecule has 0 saturated carbocycles. The summed E-state index contributed by atoms with van der Waals surface area (Å²) in [4.78, 5) is 13.1. The zero-order valence-electron chi connectivity index (χ0n) is 17.9. The van der Waals surface area contributed by atoms with E-state index in [4.69, 9.17) is 4.74 Å². The van der Waals surface area contributed by atoms with Crippen molar-refractivity contribution in [3.05, 3.63) is 71.8 Å². The number of carbonyl (C=O) groups is 1. The zero-order valence-corrected chi connectivity index (χ0v) is 17.9. The highest BCUT2D eigenvalue weighted by atomic mass is 16.6. The van der Waals surface area contributed by atoms with E-state index in [0.717, 1.165) is 30.5 Å². The Morgan fingerprint density at radius 1 is 0.857 bits per heavy atom. The second-order valence-electron chi connectivity index (χ2n) is 7.99. The van der Waals surface area contributed by atoms with Crippen LogP contribution < -0.4 is 0 Å². The van der Waals surface area contributed by atoms with Crippen LogP contribution >= 0.6 is 0 Å². The summed E-state index contributed by atoms with van der Waals surface area (Å²) in [6.45, 7) is 11.3. The van der Waals surface area contributed by atoms with Crippen molar-refractivity contribution in [2.75, 3.05) is 13.1 Å². The lowest BCUT2D eigenvalue weighted by Crippen LogP contribution is -2.51. The lowest BCUT2D eigenvalue weighted by Gasteiger charge is -2.41. The summed E-state index contributed by atoms with van der Waals surface area (Å²) >= 11 is 0. The van der Waals surface area contributed by atoms with Crippen molar-refractivity contribution >= 4 is 6.09 Å². The second-order valence-corrected chi connectivity index (χ2v) is 7.99. The summed E-state index contributed by atoms with van der Waals surface area (Å²) in [6.07, 6.45) is 1.49. The molecule has 0 aliphatic heterocycles. The first-order valence-electron chi connectivity index (χ1n) is 10.2. The van der Waals surface area contributed by atoms with E-state index in [1.54, 1.807) is 5.01 Å². The largest absolute Gasteiger partial charge is 0.443 e. The number of benzene rings is 2. The number of nitrogens with zero attached hydrogens (tertiary/aromatic N) is 2.